The molecule has 0 saturated carbocycles. The van der Waals surface area contributed by atoms with Gasteiger partial charge in [-0.15, -0.1) is 0 Å². The molecule has 2 heterocycles. The number of nitrogens with one attached hydrogen (secondary N) is 1. The van der Waals surface area contributed by atoms with Gasteiger partial charge in [0.15, 0.2) is 5.65 Å². The molecule has 1 amide bonds. The van der Waals surface area contributed by atoms with Gasteiger partial charge in [0.2, 0.25) is 5.91 Å². The van der Waals surface area contributed by atoms with Crippen LogP contribution in [0.2, 0.25) is 0 Å². The van der Waals surface area contributed by atoms with Crippen LogP contribution in [0.15, 0.2) is 11.0 Å². The number of carbonyl (C=O) groups is 1. The summed E-state index contributed by atoms with van der Waals surface area (Å²) in [7, 11) is 1.73. The first-order chi connectivity index (χ1) is 10.0. The molecule has 114 valence electrons. The molecule has 0 atom stereocenters. The summed E-state index contributed by atoms with van der Waals surface area (Å²) in [5.41, 5.74) is 5.57. The number of aryl methyl sites for hydroxylation is 1. The smallest absolute Gasteiger partial charge is 0.262 e. The Hall–Kier alpha value is -2.22. The molecule has 21 heavy (non-hydrogen) atoms. The van der Waals surface area contributed by atoms with Crippen LogP contribution in [-0.4, -0.2) is 43.6 Å². The second kappa shape index (κ2) is 6.49. The number of nitrogens with two attached hydrogens (primary N) is 1. The molecule has 2 aromatic heterocycles. The largest absolute Gasteiger partial charge is 0.369 e. The monoisotopic (exact) mass is 292 g/mol. The highest BCUT2D eigenvalue weighted by molar-refractivity contribution is 5.76. The van der Waals surface area contributed by atoms with Gasteiger partial charge in [-0.25, -0.2) is 4.98 Å². The van der Waals surface area contributed by atoms with Crippen LogP contribution in [0.25, 0.3) is 11.0 Å². The van der Waals surface area contributed by atoms with Crippen molar-refractivity contribution in [2.45, 2.75) is 26.3 Å². The minimum atomic E-state index is -0.393. The normalized spacial score (nSPS) is 11.4. The first kappa shape index (κ1) is 15.2. The SMILES string of the molecule is CCCCN(CC(N)=O)Cc1nc2c(cnn2C)c(=O)[nH]1. The summed E-state index contributed by atoms with van der Waals surface area (Å²) >= 11 is 0. The quantitative estimate of drug-likeness (QED) is 0.731. The van der Waals surface area contributed by atoms with Gasteiger partial charge in [-0.2, -0.15) is 5.10 Å². The van der Waals surface area contributed by atoms with Crippen molar-refractivity contribution in [2.24, 2.45) is 12.8 Å². The molecule has 3 N–H and O–H groups in total. The zero-order valence-corrected chi connectivity index (χ0v) is 12.3. The van der Waals surface area contributed by atoms with Crippen LogP contribution in [0.3, 0.4) is 0 Å². The second-order valence-corrected chi connectivity index (χ2v) is 5.05. The van der Waals surface area contributed by atoms with Gasteiger partial charge in [0.05, 0.1) is 19.3 Å². The van der Waals surface area contributed by atoms with E-state index in [0.717, 1.165) is 19.4 Å². The summed E-state index contributed by atoms with van der Waals surface area (Å²) in [5.74, 6) is 0.114. The molecule has 2 rings (SSSR count). The van der Waals surface area contributed by atoms with Crippen LogP contribution >= 0.6 is 0 Å². The molecule has 0 aromatic carbocycles. The van der Waals surface area contributed by atoms with Crippen molar-refractivity contribution >= 4 is 16.9 Å². The van der Waals surface area contributed by atoms with Crippen molar-refractivity contribution in [2.75, 3.05) is 13.1 Å². The molecular weight excluding hydrogens is 272 g/mol. The Morgan fingerprint density at radius 1 is 1.52 bits per heavy atom. The van der Waals surface area contributed by atoms with Crippen LogP contribution in [-0.2, 0) is 18.4 Å². The summed E-state index contributed by atoms with van der Waals surface area (Å²) in [6.45, 7) is 3.32. The lowest BCUT2D eigenvalue weighted by Gasteiger charge is -2.19. The number of hydrogen-bond donors (Lipinski definition) is 2. The number of rotatable bonds is 7. The molecule has 0 aliphatic rings. The Kier molecular flexibility index (Phi) is 4.69. The highest BCUT2D eigenvalue weighted by atomic mass is 16.1. The number of hydrogen-bond acceptors (Lipinski definition) is 5. The molecule has 0 aliphatic carbocycles. The molecule has 0 aliphatic heterocycles. The maximum Gasteiger partial charge on any atom is 0.262 e. The van der Waals surface area contributed by atoms with Gasteiger partial charge in [0.1, 0.15) is 11.2 Å². The average molecular weight is 292 g/mol. The van der Waals surface area contributed by atoms with E-state index < -0.39 is 5.91 Å². The average Bonchev–Trinajstić information content (AvgIpc) is 2.78. The highest BCUT2D eigenvalue weighted by Crippen LogP contribution is 2.06. The van der Waals surface area contributed by atoms with Crippen molar-refractivity contribution in [3.63, 3.8) is 0 Å². The number of H-pyrrole nitrogens is 1. The van der Waals surface area contributed by atoms with Crippen LogP contribution < -0.4 is 11.3 Å². The number of primary amides is 1. The van der Waals surface area contributed by atoms with E-state index in [1.54, 1.807) is 11.7 Å². The van der Waals surface area contributed by atoms with E-state index in [1.165, 1.54) is 6.20 Å². The van der Waals surface area contributed by atoms with Gasteiger partial charge in [-0.3, -0.25) is 19.2 Å². The molecule has 0 unspecified atom stereocenters. The molecule has 8 nitrogen and oxygen atoms in total. The Morgan fingerprint density at radius 3 is 2.95 bits per heavy atom. The van der Waals surface area contributed by atoms with E-state index in [0.29, 0.717) is 23.4 Å². The minimum absolute atomic E-state index is 0.146. The van der Waals surface area contributed by atoms with Crippen molar-refractivity contribution in [3.05, 3.63) is 22.4 Å². The van der Waals surface area contributed by atoms with E-state index in [4.69, 9.17) is 5.73 Å². The third-order valence-electron chi connectivity index (χ3n) is 3.23. The topological polar surface area (TPSA) is 110 Å². The summed E-state index contributed by atoms with van der Waals surface area (Å²) in [5, 5.41) is 4.48. The van der Waals surface area contributed by atoms with Gasteiger partial charge in [0.25, 0.3) is 5.56 Å². The van der Waals surface area contributed by atoms with Gasteiger partial charge in [-0.05, 0) is 13.0 Å². The lowest BCUT2D eigenvalue weighted by molar-refractivity contribution is -0.119. The van der Waals surface area contributed by atoms with E-state index in [1.807, 2.05) is 4.90 Å². The van der Waals surface area contributed by atoms with Crippen molar-refractivity contribution < 1.29 is 4.79 Å². The first-order valence-electron chi connectivity index (χ1n) is 6.92. The third kappa shape index (κ3) is 3.66. The summed E-state index contributed by atoms with van der Waals surface area (Å²) in [4.78, 5) is 32.1. The van der Waals surface area contributed by atoms with E-state index >= 15 is 0 Å². The molecule has 0 bridgehead atoms. The van der Waals surface area contributed by atoms with Crippen molar-refractivity contribution in [3.8, 4) is 0 Å². The maximum atomic E-state index is 12.0. The van der Waals surface area contributed by atoms with E-state index in [-0.39, 0.29) is 12.1 Å². The molecule has 0 radical (unpaired) electrons. The first-order valence-corrected chi connectivity index (χ1v) is 6.92. The lowest BCUT2D eigenvalue weighted by atomic mass is 10.3. The zero-order valence-electron chi connectivity index (χ0n) is 12.3. The fourth-order valence-corrected chi connectivity index (χ4v) is 2.18. The number of aromatic amines is 1. The number of unbranched alkanes of at least 4 members (excludes halogenated alkanes) is 1. The molecular formula is C13H20N6O2. The Bertz CT molecular complexity index is 690. The number of fused-ring (bicyclic) bond motifs is 1. The summed E-state index contributed by atoms with van der Waals surface area (Å²) in [6.07, 6.45) is 3.45. The maximum absolute atomic E-state index is 12.0. The fraction of sp³-hybridized carbons (Fsp3) is 0.538. The standard InChI is InChI=1S/C13H20N6O2/c1-3-4-5-19(7-10(14)20)8-11-16-12-9(13(21)17-11)6-15-18(12)2/h6H,3-5,7-8H2,1-2H3,(H2,14,20)(H,16,17,21). The predicted octanol–water partition coefficient (Wildman–Crippen LogP) is -0.256. The van der Waals surface area contributed by atoms with E-state index in [2.05, 4.69) is 22.0 Å². The molecule has 2 aromatic rings. The number of aromatic nitrogens is 4. The zero-order chi connectivity index (χ0) is 15.4. The van der Waals surface area contributed by atoms with Crippen molar-refractivity contribution in [1.29, 1.82) is 0 Å². The Morgan fingerprint density at radius 2 is 2.29 bits per heavy atom. The molecule has 0 spiro atoms. The van der Waals surface area contributed by atoms with Gasteiger partial charge >= 0.3 is 0 Å². The van der Waals surface area contributed by atoms with Crippen LogP contribution in [0, 0.1) is 0 Å². The van der Waals surface area contributed by atoms with Gasteiger partial charge < -0.3 is 10.7 Å². The lowest BCUT2D eigenvalue weighted by Crippen LogP contribution is -2.35. The second-order valence-electron chi connectivity index (χ2n) is 5.05. The number of amides is 1. The molecule has 0 saturated heterocycles. The van der Waals surface area contributed by atoms with Gasteiger partial charge in [-0.1, -0.05) is 13.3 Å². The minimum Gasteiger partial charge on any atom is -0.369 e. The summed E-state index contributed by atoms with van der Waals surface area (Å²) < 4.78 is 1.55. The van der Waals surface area contributed by atoms with Crippen LogP contribution in [0.4, 0.5) is 0 Å². The van der Waals surface area contributed by atoms with Gasteiger partial charge in [0, 0.05) is 7.05 Å². The number of nitrogens with zero attached hydrogens (tertiary/aromatic N) is 4. The van der Waals surface area contributed by atoms with E-state index in [9.17, 15) is 9.59 Å². The van der Waals surface area contributed by atoms with Crippen molar-refractivity contribution in [1.82, 2.24) is 24.6 Å². The van der Waals surface area contributed by atoms with Crippen LogP contribution in [0.5, 0.6) is 0 Å². The predicted molar refractivity (Wildman–Crippen MR) is 78.5 cm³/mol. The highest BCUT2D eigenvalue weighted by Gasteiger charge is 2.13. The molecule has 0 fully saturated rings. The Balaban J connectivity index is 2.25. The number of carbonyl (C=O) groups excluding carboxylic acids is 1. The van der Waals surface area contributed by atoms with Crippen LogP contribution in [0.1, 0.15) is 25.6 Å². The third-order valence-corrected chi connectivity index (χ3v) is 3.23. The summed E-state index contributed by atoms with van der Waals surface area (Å²) in [6, 6.07) is 0. The Labute approximate surface area is 122 Å². The fourth-order valence-electron chi connectivity index (χ4n) is 2.18. The molecule has 8 heteroatoms.